The molecule has 0 aromatic heterocycles. The van der Waals surface area contributed by atoms with Gasteiger partial charge in [-0.15, -0.1) is 0 Å². The first kappa shape index (κ1) is 12.9. The molecule has 1 aromatic carbocycles. The van der Waals surface area contributed by atoms with Crippen molar-refractivity contribution in [1.29, 1.82) is 0 Å². The number of benzene rings is 1. The predicted molar refractivity (Wildman–Crippen MR) is 71.1 cm³/mol. The van der Waals surface area contributed by atoms with E-state index in [1.165, 1.54) is 0 Å². The lowest BCUT2D eigenvalue weighted by atomic mass is 9.82. The highest BCUT2D eigenvalue weighted by Gasteiger charge is 2.23. The number of phenols is 1. The van der Waals surface area contributed by atoms with Gasteiger partial charge in [0.05, 0.1) is 0 Å². The van der Waals surface area contributed by atoms with Gasteiger partial charge in [-0.25, -0.2) is 0 Å². The summed E-state index contributed by atoms with van der Waals surface area (Å²) in [5, 5.41) is 12.2. The highest BCUT2D eigenvalue weighted by molar-refractivity contribution is 5.78. The second-order valence-corrected chi connectivity index (χ2v) is 5.34. The molecule has 0 bridgehead atoms. The van der Waals surface area contributed by atoms with Crippen molar-refractivity contribution in [2.24, 2.45) is 11.8 Å². The molecule has 0 radical (unpaired) electrons. The number of aromatic hydroxyl groups is 1. The van der Waals surface area contributed by atoms with Crippen LogP contribution in [-0.4, -0.2) is 11.0 Å². The number of rotatable bonds is 3. The van der Waals surface area contributed by atoms with Gasteiger partial charge in [0.2, 0.25) is 5.91 Å². The van der Waals surface area contributed by atoms with Crippen LogP contribution in [0.5, 0.6) is 5.75 Å². The first-order valence-corrected chi connectivity index (χ1v) is 6.71. The SMILES string of the molecule is CC1CCC(C(=O)NCc2ccc(O)cc2)CC1. The first-order valence-electron chi connectivity index (χ1n) is 6.71. The highest BCUT2D eigenvalue weighted by Crippen LogP contribution is 2.28. The van der Waals surface area contributed by atoms with Gasteiger partial charge in [0.25, 0.3) is 0 Å². The Morgan fingerprint density at radius 1 is 1.22 bits per heavy atom. The third kappa shape index (κ3) is 3.49. The second kappa shape index (κ2) is 5.89. The van der Waals surface area contributed by atoms with Crippen LogP contribution in [0.2, 0.25) is 0 Å². The van der Waals surface area contributed by atoms with Crippen molar-refractivity contribution < 1.29 is 9.90 Å². The summed E-state index contributed by atoms with van der Waals surface area (Å²) in [5.74, 6) is 1.39. The van der Waals surface area contributed by atoms with E-state index in [0.717, 1.165) is 37.2 Å². The van der Waals surface area contributed by atoms with Gasteiger partial charge in [-0.2, -0.15) is 0 Å². The van der Waals surface area contributed by atoms with Gasteiger partial charge in [-0.1, -0.05) is 19.1 Å². The number of amides is 1. The minimum atomic E-state index is 0.176. The molecule has 0 atom stereocenters. The van der Waals surface area contributed by atoms with Crippen molar-refractivity contribution in [1.82, 2.24) is 5.32 Å². The molecule has 1 fully saturated rings. The van der Waals surface area contributed by atoms with Crippen molar-refractivity contribution in [3.05, 3.63) is 29.8 Å². The van der Waals surface area contributed by atoms with Crippen LogP contribution in [0.25, 0.3) is 0 Å². The molecule has 2 rings (SSSR count). The molecular formula is C15H21NO2. The molecule has 3 heteroatoms. The Balaban J connectivity index is 1.79. The molecule has 0 aliphatic heterocycles. The summed E-state index contributed by atoms with van der Waals surface area (Å²) in [6, 6.07) is 6.95. The van der Waals surface area contributed by atoms with E-state index >= 15 is 0 Å². The van der Waals surface area contributed by atoms with Crippen LogP contribution in [-0.2, 0) is 11.3 Å². The zero-order valence-electron chi connectivity index (χ0n) is 10.9. The fourth-order valence-electron chi connectivity index (χ4n) is 2.47. The lowest BCUT2D eigenvalue weighted by molar-refractivity contribution is -0.126. The van der Waals surface area contributed by atoms with E-state index in [9.17, 15) is 9.90 Å². The Hall–Kier alpha value is -1.51. The van der Waals surface area contributed by atoms with Gasteiger partial charge in [0, 0.05) is 12.5 Å². The largest absolute Gasteiger partial charge is 0.508 e. The summed E-state index contributed by atoms with van der Waals surface area (Å²) < 4.78 is 0. The fraction of sp³-hybridized carbons (Fsp3) is 0.533. The summed E-state index contributed by atoms with van der Waals surface area (Å²) in [5.41, 5.74) is 1.02. The quantitative estimate of drug-likeness (QED) is 0.863. The van der Waals surface area contributed by atoms with Crippen LogP contribution in [0.3, 0.4) is 0 Å². The average Bonchev–Trinajstić information content (AvgIpc) is 2.38. The maximum Gasteiger partial charge on any atom is 0.223 e. The Morgan fingerprint density at radius 2 is 1.83 bits per heavy atom. The van der Waals surface area contributed by atoms with E-state index in [2.05, 4.69) is 12.2 Å². The minimum Gasteiger partial charge on any atom is -0.508 e. The number of phenolic OH excluding ortho intramolecular Hbond substituents is 1. The fourth-order valence-corrected chi connectivity index (χ4v) is 2.47. The molecule has 0 unspecified atom stereocenters. The van der Waals surface area contributed by atoms with Gasteiger partial charge < -0.3 is 10.4 Å². The van der Waals surface area contributed by atoms with Crippen LogP contribution < -0.4 is 5.32 Å². The van der Waals surface area contributed by atoms with Crippen molar-refractivity contribution >= 4 is 5.91 Å². The monoisotopic (exact) mass is 247 g/mol. The maximum atomic E-state index is 12.0. The number of hydrogen-bond donors (Lipinski definition) is 2. The third-order valence-electron chi connectivity index (χ3n) is 3.79. The lowest BCUT2D eigenvalue weighted by Gasteiger charge is -2.25. The number of carbonyl (C=O) groups excluding carboxylic acids is 1. The molecule has 1 aromatic rings. The van der Waals surface area contributed by atoms with Crippen LogP contribution in [0.15, 0.2) is 24.3 Å². The number of carbonyl (C=O) groups is 1. The predicted octanol–water partition coefficient (Wildman–Crippen LogP) is 2.83. The van der Waals surface area contributed by atoms with Crippen molar-refractivity contribution in [3.8, 4) is 5.75 Å². The summed E-state index contributed by atoms with van der Waals surface area (Å²) in [6.45, 7) is 2.80. The zero-order chi connectivity index (χ0) is 13.0. The molecule has 2 N–H and O–H groups in total. The molecule has 98 valence electrons. The smallest absolute Gasteiger partial charge is 0.223 e. The van der Waals surface area contributed by atoms with Crippen molar-refractivity contribution in [2.75, 3.05) is 0 Å². The molecule has 0 spiro atoms. The molecule has 1 aliphatic carbocycles. The summed E-state index contributed by atoms with van der Waals surface area (Å²) >= 11 is 0. The normalized spacial score (nSPS) is 23.6. The molecule has 3 nitrogen and oxygen atoms in total. The lowest BCUT2D eigenvalue weighted by Crippen LogP contribution is -2.32. The van der Waals surface area contributed by atoms with E-state index in [0.29, 0.717) is 6.54 Å². The molecule has 18 heavy (non-hydrogen) atoms. The van der Waals surface area contributed by atoms with Gasteiger partial charge in [0.15, 0.2) is 0 Å². The van der Waals surface area contributed by atoms with E-state index in [4.69, 9.17) is 0 Å². The van der Waals surface area contributed by atoms with Gasteiger partial charge in [-0.3, -0.25) is 4.79 Å². The summed E-state index contributed by atoms with van der Waals surface area (Å²) in [6.07, 6.45) is 4.36. The average molecular weight is 247 g/mol. The third-order valence-corrected chi connectivity index (χ3v) is 3.79. The Labute approximate surface area is 108 Å². The topological polar surface area (TPSA) is 49.3 Å². The van der Waals surface area contributed by atoms with E-state index in [-0.39, 0.29) is 17.6 Å². The molecule has 0 heterocycles. The standard InChI is InChI=1S/C15H21NO2/c1-11-2-6-13(7-3-11)15(18)16-10-12-4-8-14(17)9-5-12/h4-5,8-9,11,13,17H,2-3,6-7,10H2,1H3,(H,16,18). The van der Waals surface area contributed by atoms with Crippen LogP contribution in [0, 0.1) is 11.8 Å². The Kier molecular flexibility index (Phi) is 4.24. The summed E-state index contributed by atoms with van der Waals surface area (Å²) in [7, 11) is 0. The van der Waals surface area contributed by atoms with Crippen LogP contribution in [0.1, 0.15) is 38.2 Å². The zero-order valence-corrected chi connectivity index (χ0v) is 10.9. The van der Waals surface area contributed by atoms with E-state index < -0.39 is 0 Å². The second-order valence-electron chi connectivity index (χ2n) is 5.34. The van der Waals surface area contributed by atoms with Crippen LogP contribution >= 0.6 is 0 Å². The number of hydrogen-bond acceptors (Lipinski definition) is 2. The van der Waals surface area contributed by atoms with E-state index in [1.807, 2.05) is 12.1 Å². The Morgan fingerprint density at radius 3 is 2.44 bits per heavy atom. The molecule has 1 saturated carbocycles. The first-order chi connectivity index (χ1) is 8.65. The molecule has 1 amide bonds. The number of nitrogens with one attached hydrogen (secondary N) is 1. The highest BCUT2D eigenvalue weighted by atomic mass is 16.3. The summed E-state index contributed by atoms with van der Waals surface area (Å²) in [4.78, 5) is 12.0. The molecule has 1 aliphatic rings. The maximum absolute atomic E-state index is 12.0. The minimum absolute atomic E-state index is 0.176. The van der Waals surface area contributed by atoms with E-state index in [1.54, 1.807) is 12.1 Å². The van der Waals surface area contributed by atoms with Crippen molar-refractivity contribution in [3.63, 3.8) is 0 Å². The van der Waals surface area contributed by atoms with Gasteiger partial charge in [-0.05, 0) is 49.3 Å². The van der Waals surface area contributed by atoms with Gasteiger partial charge in [0.1, 0.15) is 5.75 Å². The van der Waals surface area contributed by atoms with Gasteiger partial charge >= 0.3 is 0 Å². The Bertz CT molecular complexity index is 391. The molecular weight excluding hydrogens is 226 g/mol. The molecule has 0 saturated heterocycles. The van der Waals surface area contributed by atoms with Crippen molar-refractivity contribution in [2.45, 2.75) is 39.2 Å². The van der Waals surface area contributed by atoms with Crippen LogP contribution in [0.4, 0.5) is 0 Å².